The van der Waals surface area contributed by atoms with Crippen LogP contribution in [0.1, 0.15) is 33.9 Å². The third-order valence-corrected chi connectivity index (χ3v) is 5.46. The van der Waals surface area contributed by atoms with Gasteiger partial charge in [-0.15, -0.1) is 0 Å². The zero-order valence-electron chi connectivity index (χ0n) is 14.6. The monoisotopic (exact) mass is 336 g/mol. The van der Waals surface area contributed by atoms with Gasteiger partial charge in [0, 0.05) is 37.8 Å². The molecule has 2 aromatic rings. The molecule has 0 bridgehead atoms. The van der Waals surface area contributed by atoms with Crippen molar-refractivity contribution in [3.63, 3.8) is 0 Å². The first-order valence-electron chi connectivity index (χ1n) is 9.01. The molecule has 1 fully saturated rings. The summed E-state index contributed by atoms with van der Waals surface area (Å²) in [6, 6.07) is 16.7. The van der Waals surface area contributed by atoms with Crippen LogP contribution in [-0.2, 0) is 6.42 Å². The minimum Gasteiger partial charge on any atom is -0.497 e. The lowest BCUT2D eigenvalue weighted by Crippen LogP contribution is -2.49. The predicted molar refractivity (Wildman–Crippen MR) is 98.0 cm³/mol. The average molecular weight is 336 g/mol. The van der Waals surface area contributed by atoms with Gasteiger partial charge in [0.15, 0.2) is 0 Å². The van der Waals surface area contributed by atoms with E-state index in [1.165, 1.54) is 24.0 Å². The zero-order valence-corrected chi connectivity index (χ0v) is 14.6. The van der Waals surface area contributed by atoms with Crippen molar-refractivity contribution in [1.82, 2.24) is 9.80 Å². The fourth-order valence-electron chi connectivity index (χ4n) is 4.09. The van der Waals surface area contributed by atoms with E-state index in [-0.39, 0.29) is 5.91 Å². The lowest BCUT2D eigenvalue weighted by molar-refractivity contribution is 0.0567. The number of ether oxygens (including phenoxy) is 1. The maximum atomic E-state index is 12.7. The van der Waals surface area contributed by atoms with Gasteiger partial charge in [0.05, 0.1) is 7.11 Å². The summed E-state index contributed by atoms with van der Waals surface area (Å²) in [7, 11) is 1.63. The van der Waals surface area contributed by atoms with E-state index < -0.39 is 0 Å². The van der Waals surface area contributed by atoms with Gasteiger partial charge in [-0.1, -0.05) is 30.3 Å². The Bertz CT molecular complexity index is 766. The molecule has 1 aliphatic carbocycles. The third kappa shape index (κ3) is 3.14. The van der Waals surface area contributed by atoms with Crippen LogP contribution in [0.15, 0.2) is 48.5 Å². The molecule has 25 heavy (non-hydrogen) atoms. The van der Waals surface area contributed by atoms with Crippen LogP contribution in [-0.4, -0.2) is 49.0 Å². The molecule has 1 unspecified atom stereocenters. The molecule has 4 nitrogen and oxygen atoms in total. The van der Waals surface area contributed by atoms with E-state index in [2.05, 4.69) is 29.2 Å². The molecule has 0 aromatic heterocycles. The van der Waals surface area contributed by atoms with Crippen LogP contribution in [0.3, 0.4) is 0 Å². The summed E-state index contributed by atoms with van der Waals surface area (Å²) in [6.07, 6.45) is 2.37. The van der Waals surface area contributed by atoms with E-state index >= 15 is 0 Å². The molecule has 4 rings (SSSR count). The highest BCUT2D eigenvalue weighted by molar-refractivity contribution is 5.94. The molecule has 1 amide bonds. The molecule has 0 N–H and O–H groups in total. The highest BCUT2D eigenvalue weighted by atomic mass is 16.5. The van der Waals surface area contributed by atoms with Crippen molar-refractivity contribution >= 4 is 5.91 Å². The van der Waals surface area contributed by atoms with Crippen LogP contribution >= 0.6 is 0 Å². The standard InChI is InChI=1S/C21H24N2O2/c1-25-18-7-4-6-17(15-18)21(24)23-13-11-22(12-14-23)20-10-9-16-5-2-3-8-19(16)20/h2-8,15,20H,9-14H2,1H3. The highest BCUT2D eigenvalue weighted by Crippen LogP contribution is 2.36. The van der Waals surface area contributed by atoms with Crippen molar-refractivity contribution in [2.45, 2.75) is 18.9 Å². The number of benzene rings is 2. The minimum absolute atomic E-state index is 0.102. The summed E-state index contributed by atoms with van der Waals surface area (Å²) in [5.41, 5.74) is 3.68. The molecule has 1 atom stereocenters. The molecule has 1 saturated heterocycles. The van der Waals surface area contributed by atoms with Crippen LogP contribution < -0.4 is 4.74 Å². The molecular formula is C21H24N2O2. The quantitative estimate of drug-likeness (QED) is 0.863. The van der Waals surface area contributed by atoms with Crippen LogP contribution in [0.2, 0.25) is 0 Å². The van der Waals surface area contributed by atoms with E-state index in [9.17, 15) is 4.79 Å². The van der Waals surface area contributed by atoms with Gasteiger partial charge in [-0.2, -0.15) is 0 Å². The van der Waals surface area contributed by atoms with Crippen LogP contribution in [0, 0.1) is 0 Å². The van der Waals surface area contributed by atoms with Gasteiger partial charge < -0.3 is 9.64 Å². The molecule has 1 aliphatic heterocycles. The second kappa shape index (κ2) is 6.89. The summed E-state index contributed by atoms with van der Waals surface area (Å²) < 4.78 is 5.23. The van der Waals surface area contributed by atoms with Crippen molar-refractivity contribution in [3.8, 4) is 5.75 Å². The van der Waals surface area contributed by atoms with E-state index in [1.807, 2.05) is 29.2 Å². The Morgan fingerprint density at radius 1 is 1.04 bits per heavy atom. The zero-order chi connectivity index (χ0) is 17.2. The van der Waals surface area contributed by atoms with Gasteiger partial charge >= 0.3 is 0 Å². The lowest BCUT2D eigenvalue weighted by atomic mass is 10.1. The van der Waals surface area contributed by atoms with Crippen molar-refractivity contribution in [2.75, 3.05) is 33.3 Å². The SMILES string of the molecule is COc1cccc(C(=O)N2CCN(C3CCc4ccccc43)CC2)c1. The Kier molecular flexibility index (Phi) is 4.45. The molecule has 0 saturated carbocycles. The van der Waals surface area contributed by atoms with Crippen molar-refractivity contribution in [2.24, 2.45) is 0 Å². The van der Waals surface area contributed by atoms with Crippen molar-refractivity contribution in [3.05, 3.63) is 65.2 Å². The summed E-state index contributed by atoms with van der Waals surface area (Å²) in [5.74, 6) is 0.831. The van der Waals surface area contributed by atoms with Gasteiger partial charge in [-0.05, 0) is 42.2 Å². The van der Waals surface area contributed by atoms with E-state index in [1.54, 1.807) is 7.11 Å². The molecule has 4 heteroatoms. The number of piperazine rings is 1. The van der Waals surface area contributed by atoms with Gasteiger partial charge in [0.25, 0.3) is 5.91 Å². The van der Waals surface area contributed by atoms with E-state index in [0.717, 1.165) is 31.9 Å². The molecule has 130 valence electrons. The molecule has 0 spiro atoms. The smallest absolute Gasteiger partial charge is 0.254 e. The number of methoxy groups -OCH3 is 1. The van der Waals surface area contributed by atoms with Crippen LogP contribution in [0.5, 0.6) is 5.75 Å². The summed E-state index contributed by atoms with van der Waals surface area (Å²) in [4.78, 5) is 17.3. The number of hydrogen-bond acceptors (Lipinski definition) is 3. The second-order valence-electron chi connectivity index (χ2n) is 6.81. The molecule has 0 radical (unpaired) electrons. The molecule has 2 aromatic carbocycles. The summed E-state index contributed by atoms with van der Waals surface area (Å²) in [5, 5.41) is 0. The van der Waals surface area contributed by atoms with Gasteiger partial charge in [0.1, 0.15) is 5.75 Å². The number of rotatable bonds is 3. The van der Waals surface area contributed by atoms with Crippen molar-refractivity contribution < 1.29 is 9.53 Å². The van der Waals surface area contributed by atoms with Crippen LogP contribution in [0.4, 0.5) is 0 Å². The summed E-state index contributed by atoms with van der Waals surface area (Å²) in [6.45, 7) is 3.45. The Hall–Kier alpha value is -2.33. The second-order valence-corrected chi connectivity index (χ2v) is 6.81. The van der Waals surface area contributed by atoms with Crippen molar-refractivity contribution in [1.29, 1.82) is 0 Å². The number of hydrogen-bond donors (Lipinski definition) is 0. The van der Waals surface area contributed by atoms with Gasteiger partial charge in [0.2, 0.25) is 0 Å². The minimum atomic E-state index is 0.102. The lowest BCUT2D eigenvalue weighted by Gasteiger charge is -2.38. The Morgan fingerprint density at radius 2 is 1.84 bits per heavy atom. The number of aryl methyl sites for hydroxylation is 1. The molecule has 2 aliphatic rings. The van der Waals surface area contributed by atoms with E-state index in [0.29, 0.717) is 11.6 Å². The number of carbonyl (C=O) groups excluding carboxylic acids is 1. The number of nitrogens with zero attached hydrogens (tertiary/aromatic N) is 2. The Balaban J connectivity index is 1.41. The van der Waals surface area contributed by atoms with Gasteiger partial charge in [-0.3, -0.25) is 9.69 Å². The number of fused-ring (bicyclic) bond motifs is 1. The van der Waals surface area contributed by atoms with Crippen LogP contribution in [0.25, 0.3) is 0 Å². The number of carbonyl (C=O) groups is 1. The predicted octanol–water partition coefficient (Wildman–Crippen LogP) is 3.14. The van der Waals surface area contributed by atoms with Gasteiger partial charge in [-0.25, -0.2) is 0 Å². The molecule has 1 heterocycles. The number of amides is 1. The van der Waals surface area contributed by atoms with E-state index in [4.69, 9.17) is 4.74 Å². The first-order chi connectivity index (χ1) is 12.3. The maximum Gasteiger partial charge on any atom is 0.254 e. The average Bonchev–Trinajstić information content (AvgIpc) is 3.12. The topological polar surface area (TPSA) is 32.8 Å². The maximum absolute atomic E-state index is 12.7. The fourth-order valence-corrected chi connectivity index (χ4v) is 4.09. The largest absolute Gasteiger partial charge is 0.497 e. The third-order valence-electron chi connectivity index (χ3n) is 5.46. The Labute approximate surface area is 149 Å². The highest BCUT2D eigenvalue weighted by Gasteiger charge is 2.31. The first kappa shape index (κ1) is 16.2. The normalized spacial score (nSPS) is 20.4. The fraction of sp³-hybridized carbons (Fsp3) is 0.381. The summed E-state index contributed by atoms with van der Waals surface area (Å²) >= 11 is 0. The first-order valence-corrected chi connectivity index (χ1v) is 9.01. The Morgan fingerprint density at radius 3 is 2.64 bits per heavy atom. The molecular weight excluding hydrogens is 312 g/mol.